The van der Waals surface area contributed by atoms with Crippen molar-refractivity contribution < 1.29 is 23.1 Å². The topological polar surface area (TPSA) is 105 Å². The van der Waals surface area contributed by atoms with Gasteiger partial charge in [0.2, 0.25) is 0 Å². The number of benzene rings is 2. The van der Waals surface area contributed by atoms with Crippen molar-refractivity contribution in [3.63, 3.8) is 0 Å². The molecule has 0 aromatic heterocycles. The molecule has 1 aliphatic rings. The lowest BCUT2D eigenvalue weighted by Gasteiger charge is -2.13. The molecule has 1 aliphatic heterocycles. The summed E-state index contributed by atoms with van der Waals surface area (Å²) >= 11 is 0. The number of hydrogen-bond acceptors (Lipinski definition) is 5. The van der Waals surface area contributed by atoms with E-state index in [4.69, 9.17) is 9.84 Å². The number of nitrogens with one attached hydrogen (secondary N) is 2. The van der Waals surface area contributed by atoms with Gasteiger partial charge in [-0.2, -0.15) is 0 Å². The molecule has 24 heavy (non-hydrogen) atoms. The molecule has 0 saturated heterocycles. The number of hydrogen-bond donors (Lipinski definition) is 3. The maximum Gasteiger partial charge on any atom is 0.326 e. The average Bonchev–Trinajstić information content (AvgIpc) is 3.00. The summed E-state index contributed by atoms with van der Waals surface area (Å²) in [5.41, 5.74) is 1.59. The number of fused-ring (bicyclic) bond motifs is 1. The number of para-hydroxylation sites is 1. The number of anilines is 2. The molecule has 0 amide bonds. The normalized spacial score (nSPS) is 16.1. The van der Waals surface area contributed by atoms with Gasteiger partial charge in [-0.3, -0.25) is 4.72 Å². The zero-order valence-electron chi connectivity index (χ0n) is 12.8. The highest BCUT2D eigenvalue weighted by atomic mass is 32.2. The van der Waals surface area contributed by atoms with Crippen LogP contribution in [-0.4, -0.2) is 32.6 Å². The van der Waals surface area contributed by atoms with Gasteiger partial charge in [-0.05, 0) is 35.9 Å². The Kier molecular flexibility index (Phi) is 4.06. The van der Waals surface area contributed by atoms with E-state index in [1.807, 2.05) is 0 Å². The van der Waals surface area contributed by atoms with E-state index >= 15 is 0 Å². The second-order valence-electron chi connectivity index (χ2n) is 5.36. The summed E-state index contributed by atoms with van der Waals surface area (Å²) in [7, 11) is -2.29. The van der Waals surface area contributed by atoms with E-state index in [-0.39, 0.29) is 4.90 Å². The van der Waals surface area contributed by atoms with Crippen LogP contribution in [0.1, 0.15) is 5.56 Å². The van der Waals surface area contributed by atoms with Crippen molar-refractivity contribution in [3.05, 3.63) is 48.0 Å². The molecule has 3 N–H and O–H groups in total. The third-order valence-corrected chi connectivity index (χ3v) is 5.19. The van der Waals surface area contributed by atoms with Crippen molar-refractivity contribution >= 4 is 27.4 Å². The van der Waals surface area contributed by atoms with Gasteiger partial charge in [0.25, 0.3) is 10.0 Å². The van der Waals surface area contributed by atoms with Crippen molar-refractivity contribution in [2.45, 2.75) is 17.4 Å². The lowest BCUT2D eigenvalue weighted by atomic mass is 10.1. The van der Waals surface area contributed by atoms with Gasteiger partial charge in [0.1, 0.15) is 11.8 Å². The maximum atomic E-state index is 12.5. The molecule has 0 bridgehead atoms. The Morgan fingerprint density at radius 3 is 2.58 bits per heavy atom. The van der Waals surface area contributed by atoms with Crippen LogP contribution in [0.3, 0.4) is 0 Å². The molecule has 1 heterocycles. The number of carboxylic acid groups (broad SMARTS) is 1. The summed E-state index contributed by atoms with van der Waals surface area (Å²) in [5, 5.41) is 12.0. The van der Waals surface area contributed by atoms with Crippen LogP contribution in [0.4, 0.5) is 11.4 Å². The smallest absolute Gasteiger partial charge is 0.326 e. The quantitative estimate of drug-likeness (QED) is 0.762. The molecule has 8 heteroatoms. The predicted octanol–water partition coefficient (Wildman–Crippen LogP) is 1.92. The summed E-state index contributed by atoms with van der Waals surface area (Å²) < 4.78 is 32.6. The molecular formula is C16H16N2O5S. The molecule has 2 aromatic rings. The van der Waals surface area contributed by atoms with Gasteiger partial charge >= 0.3 is 5.97 Å². The molecule has 0 fully saturated rings. The van der Waals surface area contributed by atoms with Gasteiger partial charge in [0, 0.05) is 6.42 Å². The molecule has 3 rings (SSSR count). The zero-order chi connectivity index (χ0) is 17.3. The van der Waals surface area contributed by atoms with E-state index in [0.717, 1.165) is 5.56 Å². The van der Waals surface area contributed by atoms with Crippen LogP contribution in [0.5, 0.6) is 5.75 Å². The average molecular weight is 348 g/mol. The fourth-order valence-electron chi connectivity index (χ4n) is 2.58. The molecule has 126 valence electrons. The van der Waals surface area contributed by atoms with Gasteiger partial charge in [-0.15, -0.1) is 0 Å². The Morgan fingerprint density at radius 2 is 1.96 bits per heavy atom. The monoisotopic (exact) mass is 348 g/mol. The largest absolute Gasteiger partial charge is 0.497 e. The van der Waals surface area contributed by atoms with Crippen LogP contribution in [0.2, 0.25) is 0 Å². The number of carboxylic acids is 1. The summed E-state index contributed by atoms with van der Waals surface area (Å²) in [5.74, 6) is -0.421. The van der Waals surface area contributed by atoms with Gasteiger partial charge in [0.15, 0.2) is 0 Å². The maximum absolute atomic E-state index is 12.5. The molecule has 0 saturated carbocycles. The molecular weight excluding hydrogens is 332 g/mol. The molecule has 2 aromatic carbocycles. The number of sulfonamides is 1. The van der Waals surface area contributed by atoms with E-state index in [0.29, 0.717) is 23.5 Å². The van der Waals surface area contributed by atoms with Crippen molar-refractivity contribution in [2.75, 3.05) is 17.1 Å². The Hall–Kier alpha value is -2.74. The molecule has 7 nitrogen and oxygen atoms in total. The minimum absolute atomic E-state index is 0.0914. The zero-order valence-corrected chi connectivity index (χ0v) is 13.6. The number of ether oxygens (including phenoxy) is 1. The summed E-state index contributed by atoms with van der Waals surface area (Å²) in [6, 6.07) is 10.3. The van der Waals surface area contributed by atoms with Crippen LogP contribution >= 0.6 is 0 Å². The first-order valence-corrected chi connectivity index (χ1v) is 8.67. The van der Waals surface area contributed by atoms with Crippen LogP contribution < -0.4 is 14.8 Å². The highest BCUT2D eigenvalue weighted by molar-refractivity contribution is 7.92. The van der Waals surface area contributed by atoms with Gasteiger partial charge in [-0.1, -0.05) is 12.1 Å². The highest BCUT2D eigenvalue weighted by Crippen LogP contribution is 2.34. The third kappa shape index (κ3) is 3.00. The minimum atomic E-state index is -3.79. The van der Waals surface area contributed by atoms with Crippen LogP contribution in [0.25, 0.3) is 0 Å². The fourth-order valence-corrected chi connectivity index (χ4v) is 3.65. The van der Waals surface area contributed by atoms with E-state index in [1.165, 1.54) is 19.2 Å². The number of aliphatic carboxylic acids is 1. The van der Waals surface area contributed by atoms with E-state index in [1.54, 1.807) is 30.3 Å². The Balaban J connectivity index is 1.89. The van der Waals surface area contributed by atoms with Crippen molar-refractivity contribution in [1.82, 2.24) is 0 Å². The first-order chi connectivity index (χ1) is 11.4. The molecule has 0 spiro atoms. The molecule has 0 radical (unpaired) electrons. The lowest BCUT2D eigenvalue weighted by Crippen LogP contribution is -2.26. The molecule has 1 atom stereocenters. The predicted molar refractivity (Wildman–Crippen MR) is 89.0 cm³/mol. The van der Waals surface area contributed by atoms with E-state index in [2.05, 4.69) is 10.0 Å². The number of carbonyl (C=O) groups is 1. The first kappa shape index (κ1) is 16.1. The Labute approximate surface area is 139 Å². The Morgan fingerprint density at radius 1 is 1.25 bits per heavy atom. The van der Waals surface area contributed by atoms with Crippen molar-refractivity contribution in [3.8, 4) is 5.75 Å². The fraction of sp³-hybridized carbons (Fsp3) is 0.188. The van der Waals surface area contributed by atoms with Crippen LogP contribution in [-0.2, 0) is 21.2 Å². The van der Waals surface area contributed by atoms with Crippen molar-refractivity contribution in [2.24, 2.45) is 0 Å². The molecule has 0 aliphatic carbocycles. The second-order valence-corrected chi connectivity index (χ2v) is 7.04. The summed E-state index contributed by atoms with van der Waals surface area (Å²) in [6.45, 7) is 0. The lowest BCUT2D eigenvalue weighted by molar-refractivity contribution is -0.137. The van der Waals surface area contributed by atoms with Crippen LogP contribution in [0, 0.1) is 0 Å². The van der Waals surface area contributed by atoms with E-state index in [9.17, 15) is 13.2 Å². The standard InChI is InChI=1S/C16H16N2O5S/c1-23-11-5-7-12(8-6-11)24(21,22)18-13-4-2-3-10-9-14(16(19)20)17-15(10)13/h2-8,14,17-18H,9H2,1H3,(H,19,20). The second kappa shape index (κ2) is 6.04. The number of rotatable bonds is 5. The van der Waals surface area contributed by atoms with Crippen molar-refractivity contribution in [1.29, 1.82) is 0 Å². The van der Waals surface area contributed by atoms with E-state index < -0.39 is 22.0 Å². The third-order valence-electron chi connectivity index (χ3n) is 3.81. The van der Waals surface area contributed by atoms with Crippen LogP contribution in [0.15, 0.2) is 47.4 Å². The Bertz CT molecular complexity index is 878. The first-order valence-electron chi connectivity index (χ1n) is 7.19. The SMILES string of the molecule is COc1ccc(S(=O)(=O)Nc2cccc3c2NC(C(=O)O)C3)cc1. The molecule has 1 unspecified atom stereocenters. The van der Waals surface area contributed by atoms with Gasteiger partial charge in [0.05, 0.1) is 23.4 Å². The van der Waals surface area contributed by atoms with Gasteiger partial charge < -0.3 is 15.2 Å². The number of methoxy groups -OCH3 is 1. The summed E-state index contributed by atoms with van der Waals surface area (Å²) in [4.78, 5) is 11.2. The van der Waals surface area contributed by atoms with Gasteiger partial charge in [-0.25, -0.2) is 13.2 Å². The highest BCUT2D eigenvalue weighted by Gasteiger charge is 2.29. The summed E-state index contributed by atoms with van der Waals surface area (Å²) in [6.07, 6.45) is 0.308. The minimum Gasteiger partial charge on any atom is -0.497 e.